The summed E-state index contributed by atoms with van der Waals surface area (Å²) < 4.78 is 18.4. The molecule has 0 radical (unpaired) electrons. The fourth-order valence-electron chi connectivity index (χ4n) is 2.56. The number of rotatable bonds is 9. The number of nitrogens with one attached hydrogen (secondary N) is 1. The lowest BCUT2D eigenvalue weighted by atomic mass is 10.0. The second kappa shape index (κ2) is 10.2. The third kappa shape index (κ3) is 6.15. The third-order valence-corrected chi connectivity index (χ3v) is 4.85. The van der Waals surface area contributed by atoms with E-state index < -0.39 is 5.97 Å². The number of nitrogens with two attached hydrogens (primary N) is 1. The molecule has 2 aromatic rings. The van der Waals surface area contributed by atoms with Crippen LogP contribution in [-0.2, 0) is 9.53 Å². The molecule has 0 saturated heterocycles. The van der Waals surface area contributed by atoms with Gasteiger partial charge in [0.25, 0.3) is 5.91 Å². The summed E-state index contributed by atoms with van der Waals surface area (Å²) >= 11 is 1.26. The van der Waals surface area contributed by atoms with Crippen molar-refractivity contribution >= 4 is 28.2 Å². The predicted octanol–water partition coefficient (Wildman–Crippen LogP) is 3.28. The van der Waals surface area contributed by atoms with Crippen molar-refractivity contribution in [2.75, 3.05) is 25.0 Å². The number of carbonyl (C=O) groups excluding carboxylic acids is 2. The zero-order chi connectivity index (χ0) is 19.8. The van der Waals surface area contributed by atoms with Gasteiger partial charge < -0.3 is 15.4 Å². The average molecular weight is 394 g/mol. The number of ether oxygens (including phenoxy) is 1. The molecule has 0 atom stereocenters. The molecule has 0 aliphatic rings. The van der Waals surface area contributed by atoms with Crippen molar-refractivity contribution < 1.29 is 24.0 Å². The molecular weight excluding hydrogens is 367 g/mol. The van der Waals surface area contributed by atoms with E-state index in [4.69, 9.17) is 4.74 Å². The van der Waals surface area contributed by atoms with Gasteiger partial charge in [-0.1, -0.05) is 26.0 Å². The van der Waals surface area contributed by atoms with E-state index in [1.807, 2.05) is 5.32 Å². The van der Waals surface area contributed by atoms with Gasteiger partial charge >= 0.3 is 5.97 Å². The molecule has 7 heteroatoms. The van der Waals surface area contributed by atoms with Crippen LogP contribution in [0.3, 0.4) is 0 Å². The first kappa shape index (κ1) is 21.1. The standard InChI is InChI=1S/C20H25FN2O3S/c1-4-26-20(25)18-16(14-5-7-15(21)8-6-14)12-27-19(18)23-17(24)11-22-10-9-13(2)3/h5-8,12-13,22H,4,9-11H2,1-3H3,(H,23,24)/p+1. The fraction of sp³-hybridized carbons (Fsp3) is 0.400. The first-order valence-electron chi connectivity index (χ1n) is 9.08. The first-order valence-corrected chi connectivity index (χ1v) is 9.96. The molecule has 0 aliphatic heterocycles. The van der Waals surface area contributed by atoms with Gasteiger partial charge in [0.05, 0.1) is 13.2 Å². The highest BCUT2D eigenvalue weighted by molar-refractivity contribution is 7.15. The number of anilines is 1. The largest absolute Gasteiger partial charge is 0.462 e. The minimum absolute atomic E-state index is 0.170. The van der Waals surface area contributed by atoms with E-state index in [9.17, 15) is 14.0 Å². The van der Waals surface area contributed by atoms with Gasteiger partial charge in [0.1, 0.15) is 16.4 Å². The van der Waals surface area contributed by atoms with Crippen molar-refractivity contribution in [3.63, 3.8) is 0 Å². The number of carbonyl (C=O) groups is 2. The zero-order valence-corrected chi connectivity index (χ0v) is 16.7. The topological polar surface area (TPSA) is 72.0 Å². The maximum Gasteiger partial charge on any atom is 0.341 e. The van der Waals surface area contributed by atoms with Crippen LogP contribution in [0.4, 0.5) is 9.39 Å². The molecule has 0 aliphatic carbocycles. The molecule has 0 fully saturated rings. The second-order valence-corrected chi connectivity index (χ2v) is 7.47. The van der Waals surface area contributed by atoms with Gasteiger partial charge in [-0.3, -0.25) is 4.79 Å². The average Bonchev–Trinajstić information content (AvgIpc) is 3.03. The van der Waals surface area contributed by atoms with Crippen molar-refractivity contribution in [1.29, 1.82) is 0 Å². The summed E-state index contributed by atoms with van der Waals surface area (Å²) in [4.78, 5) is 24.7. The molecule has 0 bridgehead atoms. The van der Waals surface area contributed by atoms with Crippen molar-refractivity contribution in [3.8, 4) is 11.1 Å². The molecule has 1 aromatic carbocycles. The highest BCUT2D eigenvalue weighted by Gasteiger charge is 2.23. The van der Waals surface area contributed by atoms with Crippen LogP contribution >= 0.6 is 11.3 Å². The maximum atomic E-state index is 13.2. The summed E-state index contributed by atoms with van der Waals surface area (Å²) in [6, 6.07) is 5.88. The van der Waals surface area contributed by atoms with Crippen LogP contribution in [0.15, 0.2) is 29.6 Å². The van der Waals surface area contributed by atoms with Crippen LogP contribution in [0.25, 0.3) is 11.1 Å². The van der Waals surface area contributed by atoms with Gasteiger partial charge in [0, 0.05) is 10.9 Å². The SMILES string of the molecule is CCOC(=O)c1c(-c2ccc(F)cc2)csc1NC(=O)C[NH2+]CCC(C)C. The number of halogens is 1. The summed E-state index contributed by atoms with van der Waals surface area (Å²) in [7, 11) is 0. The normalized spacial score (nSPS) is 10.9. The number of benzene rings is 1. The van der Waals surface area contributed by atoms with E-state index in [1.165, 1.54) is 23.5 Å². The third-order valence-electron chi connectivity index (χ3n) is 3.96. The number of esters is 1. The molecule has 1 heterocycles. The number of hydrogen-bond donors (Lipinski definition) is 2. The minimum Gasteiger partial charge on any atom is -0.462 e. The summed E-state index contributed by atoms with van der Waals surface area (Å²) in [5.41, 5.74) is 1.63. The van der Waals surface area contributed by atoms with E-state index >= 15 is 0 Å². The minimum atomic E-state index is -0.503. The molecule has 146 valence electrons. The van der Waals surface area contributed by atoms with E-state index in [0.717, 1.165) is 13.0 Å². The fourth-order valence-corrected chi connectivity index (χ4v) is 3.53. The van der Waals surface area contributed by atoms with Gasteiger partial charge in [-0.2, -0.15) is 0 Å². The Morgan fingerprint density at radius 3 is 2.59 bits per heavy atom. The van der Waals surface area contributed by atoms with Crippen molar-refractivity contribution in [3.05, 3.63) is 41.0 Å². The highest BCUT2D eigenvalue weighted by atomic mass is 32.1. The van der Waals surface area contributed by atoms with E-state index in [2.05, 4.69) is 19.2 Å². The Bertz CT molecular complexity index is 772. The van der Waals surface area contributed by atoms with Crippen LogP contribution in [-0.4, -0.2) is 31.6 Å². The van der Waals surface area contributed by atoms with E-state index in [0.29, 0.717) is 34.2 Å². The van der Waals surface area contributed by atoms with Crippen molar-refractivity contribution in [1.82, 2.24) is 0 Å². The van der Waals surface area contributed by atoms with Gasteiger partial charge in [0.2, 0.25) is 0 Å². The Hall–Kier alpha value is -2.25. The predicted molar refractivity (Wildman–Crippen MR) is 105 cm³/mol. The van der Waals surface area contributed by atoms with E-state index in [1.54, 1.807) is 24.4 Å². The van der Waals surface area contributed by atoms with Crippen LogP contribution in [0, 0.1) is 11.7 Å². The van der Waals surface area contributed by atoms with Crippen LogP contribution in [0.1, 0.15) is 37.6 Å². The second-order valence-electron chi connectivity index (χ2n) is 6.59. The molecule has 0 saturated carbocycles. The van der Waals surface area contributed by atoms with Gasteiger partial charge in [-0.25, -0.2) is 9.18 Å². The van der Waals surface area contributed by atoms with Crippen molar-refractivity contribution in [2.24, 2.45) is 5.92 Å². The summed E-state index contributed by atoms with van der Waals surface area (Å²) in [6.45, 7) is 7.40. The number of amides is 1. The lowest BCUT2D eigenvalue weighted by molar-refractivity contribution is -0.644. The summed E-state index contributed by atoms with van der Waals surface area (Å²) in [5, 5.41) is 6.99. The molecule has 0 spiro atoms. The smallest absolute Gasteiger partial charge is 0.341 e. The monoisotopic (exact) mass is 393 g/mol. The summed E-state index contributed by atoms with van der Waals surface area (Å²) in [5.74, 6) is -0.429. The molecule has 27 heavy (non-hydrogen) atoms. The molecule has 2 rings (SSSR count). The molecular formula is C20H26FN2O3S+. The Kier molecular flexibility index (Phi) is 7.94. The Morgan fingerprint density at radius 2 is 1.96 bits per heavy atom. The van der Waals surface area contributed by atoms with E-state index in [-0.39, 0.29) is 18.3 Å². The molecule has 5 nitrogen and oxygen atoms in total. The molecule has 1 amide bonds. The first-order chi connectivity index (χ1) is 12.9. The van der Waals surface area contributed by atoms with Crippen LogP contribution in [0.2, 0.25) is 0 Å². The molecule has 0 unspecified atom stereocenters. The highest BCUT2D eigenvalue weighted by Crippen LogP contribution is 2.36. The molecule has 3 N–H and O–H groups in total. The Balaban J connectivity index is 2.17. The number of hydrogen-bond acceptors (Lipinski definition) is 4. The molecule has 1 aromatic heterocycles. The van der Waals surface area contributed by atoms with Crippen molar-refractivity contribution in [2.45, 2.75) is 27.2 Å². The Morgan fingerprint density at radius 1 is 1.26 bits per heavy atom. The zero-order valence-electron chi connectivity index (χ0n) is 15.9. The van der Waals surface area contributed by atoms with Crippen LogP contribution < -0.4 is 10.6 Å². The summed E-state index contributed by atoms with van der Waals surface area (Å²) in [6.07, 6.45) is 1.04. The van der Waals surface area contributed by atoms with Crippen LogP contribution in [0.5, 0.6) is 0 Å². The number of quaternary nitrogens is 1. The lowest BCUT2D eigenvalue weighted by Crippen LogP contribution is -2.86. The Labute approximate surface area is 162 Å². The van der Waals surface area contributed by atoms with Gasteiger partial charge in [-0.15, -0.1) is 11.3 Å². The van der Waals surface area contributed by atoms with Gasteiger partial charge in [-0.05, 0) is 37.0 Å². The maximum absolute atomic E-state index is 13.2. The number of thiophene rings is 1. The van der Waals surface area contributed by atoms with Gasteiger partial charge in [0.15, 0.2) is 6.54 Å². The quantitative estimate of drug-likeness (QED) is 0.507. The lowest BCUT2D eigenvalue weighted by Gasteiger charge is -2.09.